The molecule has 0 aromatic rings. The highest BCUT2D eigenvalue weighted by Crippen LogP contribution is 2.26. The summed E-state index contributed by atoms with van der Waals surface area (Å²) in [5, 5.41) is 12.4. The molecule has 1 aliphatic rings. The summed E-state index contributed by atoms with van der Waals surface area (Å²) >= 11 is 0. The molecule has 98 valence electrons. The number of rotatable bonds is 6. The van der Waals surface area contributed by atoms with Crippen molar-refractivity contribution in [3.05, 3.63) is 0 Å². The third-order valence-electron chi connectivity index (χ3n) is 3.88. The van der Waals surface area contributed by atoms with Crippen LogP contribution in [0.3, 0.4) is 0 Å². The van der Waals surface area contributed by atoms with Gasteiger partial charge in [0.15, 0.2) is 0 Å². The number of hydrogen-bond acceptors (Lipinski definition) is 3. The van der Waals surface area contributed by atoms with Crippen LogP contribution < -0.4 is 5.32 Å². The first-order chi connectivity index (χ1) is 8.17. The molecule has 0 radical (unpaired) electrons. The van der Waals surface area contributed by atoms with Gasteiger partial charge in [0.25, 0.3) is 0 Å². The third-order valence-corrected chi connectivity index (χ3v) is 3.88. The van der Waals surface area contributed by atoms with E-state index in [2.05, 4.69) is 37.2 Å². The largest absolute Gasteiger partial charge is 0.301 e. The Morgan fingerprint density at radius 1 is 1.35 bits per heavy atom. The van der Waals surface area contributed by atoms with Crippen molar-refractivity contribution in [3.63, 3.8) is 0 Å². The van der Waals surface area contributed by atoms with Gasteiger partial charge in [0.1, 0.15) is 6.04 Å². The van der Waals surface area contributed by atoms with E-state index < -0.39 is 0 Å². The van der Waals surface area contributed by atoms with Crippen LogP contribution in [0.25, 0.3) is 0 Å². The summed E-state index contributed by atoms with van der Waals surface area (Å²) < 4.78 is 0. The summed E-state index contributed by atoms with van der Waals surface area (Å²) in [6, 6.07) is 3.03. The summed E-state index contributed by atoms with van der Waals surface area (Å²) in [6.45, 7) is 6.27. The highest BCUT2D eigenvalue weighted by molar-refractivity contribution is 4.93. The Labute approximate surface area is 106 Å². The first-order valence-corrected chi connectivity index (χ1v) is 7.00. The van der Waals surface area contributed by atoms with Crippen molar-refractivity contribution >= 4 is 0 Å². The second-order valence-electron chi connectivity index (χ2n) is 5.49. The van der Waals surface area contributed by atoms with Crippen LogP contribution in [0.15, 0.2) is 0 Å². The van der Waals surface area contributed by atoms with Gasteiger partial charge in [0.05, 0.1) is 6.07 Å². The SMILES string of the molecule is CCCNC(C#N)CN(C)C1CCC(C)CC1. The molecule has 0 heterocycles. The van der Waals surface area contributed by atoms with Crippen molar-refractivity contribution in [2.75, 3.05) is 20.1 Å². The maximum atomic E-state index is 9.10. The normalized spacial score (nSPS) is 26.8. The molecule has 0 saturated heterocycles. The van der Waals surface area contributed by atoms with Crippen LogP contribution in [-0.2, 0) is 0 Å². The molecule has 1 N–H and O–H groups in total. The van der Waals surface area contributed by atoms with Gasteiger partial charge in [0.2, 0.25) is 0 Å². The van der Waals surface area contributed by atoms with Crippen molar-refractivity contribution < 1.29 is 0 Å². The van der Waals surface area contributed by atoms with Gasteiger partial charge in [-0.3, -0.25) is 0 Å². The van der Waals surface area contributed by atoms with Crippen LogP contribution in [-0.4, -0.2) is 37.1 Å². The first kappa shape index (κ1) is 14.5. The summed E-state index contributed by atoms with van der Waals surface area (Å²) in [5.74, 6) is 0.893. The second kappa shape index (κ2) is 7.68. The van der Waals surface area contributed by atoms with Crippen LogP contribution >= 0.6 is 0 Å². The molecular formula is C14H27N3. The Bertz CT molecular complexity index is 238. The Balaban J connectivity index is 2.31. The van der Waals surface area contributed by atoms with E-state index in [4.69, 9.17) is 5.26 Å². The predicted octanol–water partition coefficient (Wildman–Crippen LogP) is 2.39. The van der Waals surface area contributed by atoms with Crippen LogP contribution in [0.5, 0.6) is 0 Å². The van der Waals surface area contributed by atoms with E-state index in [0.717, 1.165) is 25.4 Å². The standard InChI is InChI=1S/C14H27N3/c1-4-9-16-13(10-15)11-17(3)14-7-5-12(2)6-8-14/h12-14,16H,4-9,11H2,1-3H3. The van der Waals surface area contributed by atoms with Crippen LogP contribution in [0, 0.1) is 17.2 Å². The number of hydrogen-bond donors (Lipinski definition) is 1. The molecule has 1 rings (SSSR count). The quantitative estimate of drug-likeness (QED) is 0.771. The van der Waals surface area contributed by atoms with Crippen LogP contribution in [0.4, 0.5) is 0 Å². The molecule has 0 aromatic carbocycles. The molecule has 3 nitrogen and oxygen atoms in total. The van der Waals surface area contributed by atoms with Crippen molar-refractivity contribution in [2.45, 2.75) is 58.0 Å². The first-order valence-electron chi connectivity index (χ1n) is 7.00. The molecule has 1 unspecified atom stereocenters. The van der Waals surface area contributed by atoms with Gasteiger partial charge in [-0.05, 0) is 51.6 Å². The van der Waals surface area contributed by atoms with Crippen LogP contribution in [0.2, 0.25) is 0 Å². The highest BCUT2D eigenvalue weighted by Gasteiger charge is 2.23. The topological polar surface area (TPSA) is 39.1 Å². The zero-order valence-corrected chi connectivity index (χ0v) is 11.6. The van der Waals surface area contributed by atoms with Crippen molar-refractivity contribution in [3.8, 4) is 6.07 Å². The summed E-state index contributed by atoms with van der Waals surface area (Å²) in [4.78, 5) is 2.38. The molecule has 3 heteroatoms. The van der Waals surface area contributed by atoms with Gasteiger partial charge >= 0.3 is 0 Å². The number of nitrogens with zero attached hydrogens (tertiary/aromatic N) is 2. The Kier molecular flexibility index (Phi) is 6.54. The second-order valence-corrected chi connectivity index (χ2v) is 5.49. The summed E-state index contributed by atoms with van der Waals surface area (Å²) in [6.07, 6.45) is 6.36. The Morgan fingerprint density at radius 3 is 2.53 bits per heavy atom. The molecule has 0 aliphatic heterocycles. The van der Waals surface area contributed by atoms with Gasteiger partial charge in [-0.25, -0.2) is 0 Å². The monoisotopic (exact) mass is 237 g/mol. The Morgan fingerprint density at radius 2 is 2.00 bits per heavy atom. The average Bonchev–Trinajstić information content (AvgIpc) is 2.35. The molecule has 1 atom stereocenters. The molecule has 0 aromatic heterocycles. The third kappa shape index (κ3) is 5.06. The van der Waals surface area contributed by atoms with E-state index >= 15 is 0 Å². The zero-order valence-electron chi connectivity index (χ0n) is 11.6. The lowest BCUT2D eigenvalue weighted by atomic mass is 9.86. The summed E-state index contributed by atoms with van der Waals surface area (Å²) in [5.41, 5.74) is 0. The number of nitriles is 1. The molecule has 0 spiro atoms. The molecule has 17 heavy (non-hydrogen) atoms. The lowest BCUT2D eigenvalue weighted by Crippen LogP contribution is -2.44. The van der Waals surface area contributed by atoms with Crippen molar-refractivity contribution in [1.29, 1.82) is 5.26 Å². The van der Waals surface area contributed by atoms with Crippen LogP contribution in [0.1, 0.15) is 46.0 Å². The Hall–Kier alpha value is -0.590. The fourth-order valence-electron chi connectivity index (χ4n) is 2.59. The maximum absolute atomic E-state index is 9.10. The van der Waals surface area contributed by atoms with E-state index in [9.17, 15) is 0 Å². The number of likely N-dealkylation sites (N-methyl/N-ethyl adjacent to an activating group) is 1. The predicted molar refractivity (Wildman–Crippen MR) is 71.7 cm³/mol. The van der Waals surface area contributed by atoms with Gasteiger partial charge in [-0.1, -0.05) is 13.8 Å². The minimum absolute atomic E-state index is 0.0145. The van der Waals surface area contributed by atoms with Crippen molar-refractivity contribution in [2.24, 2.45) is 5.92 Å². The van der Waals surface area contributed by atoms with E-state index in [0.29, 0.717) is 6.04 Å². The average molecular weight is 237 g/mol. The summed E-state index contributed by atoms with van der Waals surface area (Å²) in [7, 11) is 2.17. The fourth-order valence-corrected chi connectivity index (χ4v) is 2.59. The molecule has 0 amide bonds. The van der Waals surface area contributed by atoms with Crippen molar-refractivity contribution in [1.82, 2.24) is 10.2 Å². The zero-order chi connectivity index (χ0) is 12.7. The molecule has 1 fully saturated rings. The maximum Gasteiger partial charge on any atom is 0.108 e. The van der Waals surface area contributed by atoms with Gasteiger partial charge < -0.3 is 10.2 Å². The van der Waals surface area contributed by atoms with Gasteiger partial charge in [-0.2, -0.15) is 5.26 Å². The number of nitrogens with one attached hydrogen (secondary N) is 1. The lowest BCUT2D eigenvalue weighted by molar-refractivity contribution is 0.163. The highest BCUT2D eigenvalue weighted by atomic mass is 15.2. The fraction of sp³-hybridized carbons (Fsp3) is 0.929. The van der Waals surface area contributed by atoms with E-state index in [-0.39, 0.29) is 6.04 Å². The van der Waals surface area contributed by atoms with E-state index in [1.54, 1.807) is 0 Å². The molecule has 1 aliphatic carbocycles. The molecular weight excluding hydrogens is 210 g/mol. The smallest absolute Gasteiger partial charge is 0.108 e. The molecule has 0 bridgehead atoms. The van der Waals surface area contributed by atoms with Gasteiger partial charge in [0, 0.05) is 12.6 Å². The van der Waals surface area contributed by atoms with Gasteiger partial charge in [-0.15, -0.1) is 0 Å². The minimum atomic E-state index is -0.0145. The minimum Gasteiger partial charge on any atom is -0.301 e. The van der Waals surface area contributed by atoms with E-state index in [1.165, 1.54) is 25.7 Å². The molecule has 1 saturated carbocycles. The lowest BCUT2D eigenvalue weighted by Gasteiger charge is -2.34. The van der Waals surface area contributed by atoms with E-state index in [1.807, 2.05) is 0 Å².